The molecule has 0 bridgehead atoms. The van der Waals surface area contributed by atoms with Gasteiger partial charge in [0.1, 0.15) is 0 Å². The Morgan fingerprint density at radius 3 is 2.30 bits per heavy atom. The van der Waals surface area contributed by atoms with Gasteiger partial charge in [-0.25, -0.2) is 9.79 Å². The second kappa shape index (κ2) is 11.5. The predicted molar refractivity (Wildman–Crippen MR) is 160 cm³/mol. The normalized spacial score (nSPS) is 17.4. The number of carbonyl (C=O) groups is 1. The number of ether oxygens (including phenoxy) is 1. The van der Waals surface area contributed by atoms with Gasteiger partial charge in [0.15, 0.2) is 4.80 Å². The Bertz CT molecular complexity index is 1720. The molecule has 6 nitrogen and oxygen atoms in total. The zero-order valence-electron chi connectivity index (χ0n) is 22.5. The summed E-state index contributed by atoms with van der Waals surface area (Å²) in [6.45, 7) is 4.18. The summed E-state index contributed by atoms with van der Waals surface area (Å²) >= 11 is 1.34. The van der Waals surface area contributed by atoms with Crippen LogP contribution in [-0.2, 0) is 9.53 Å². The van der Waals surface area contributed by atoms with Gasteiger partial charge in [0.2, 0.25) is 0 Å². The number of nitrogens with zero attached hydrogens (tertiary/aromatic N) is 3. The summed E-state index contributed by atoms with van der Waals surface area (Å²) in [4.78, 5) is 35.4. The number of fused-ring (bicyclic) bond motifs is 1. The lowest BCUT2D eigenvalue weighted by atomic mass is 9.93. The van der Waals surface area contributed by atoms with Crippen molar-refractivity contribution in [2.75, 3.05) is 24.6 Å². The van der Waals surface area contributed by atoms with E-state index in [-0.39, 0.29) is 12.2 Å². The molecule has 0 amide bonds. The van der Waals surface area contributed by atoms with Crippen LogP contribution in [0.1, 0.15) is 48.9 Å². The number of carbonyl (C=O) groups excluding carboxylic acids is 1. The van der Waals surface area contributed by atoms with Crippen LogP contribution in [-0.4, -0.2) is 30.2 Å². The number of hydrogen-bond acceptors (Lipinski definition) is 6. The van der Waals surface area contributed by atoms with E-state index >= 15 is 0 Å². The van der Waals surface area contributed by atoms with Crippen LogP contribution >= 0.6 is 11.3 Å². The van der Waals surface area contributed by atoms with E-state index in [9.17, 15) is 9.59 Å². The highest BCUT2D eigenvalue weighted by atomic mass is 32.1. The maximum atomic E-state index is 14.0. The summed E-state index contributed by atoms with van der Waals surface area (Å²) in [5.74, 6) is -0.471. The van der Waals surface area contributed by atoms with E-state index in [2.05, 4.69) is 29.2 Å². The van der Waals surface area contributed by atoms with Crippen LogP contribution in [0.5, 0.6) is 0 Å². The maximum Gasteiger partial charge on any atom is 0.338 e. The van der Waals surface area contributed by atoms with E-state index < -0.39 is 12.0 Å². The first-order valence-corrected chi connectivity index (χ1v) is 14.6. The minimum absolute atomic E-state index is 0.174. The first kappa shape index (κ1) is 26.0. The Morgan fingerprint density at radius 2 is 1.62 bits per heavy atom. The van der Waals surface area contributed by atoms with Gasteiger partial charge in [-0.05, 0) is 55.5 Å². The van der Waals surface area contributed by atoms with Crippen molar-refractivity contribution in [3.63, 3.8) is 0 Å². The molecule has 202 valence electrons. The van der Waals surface area contributed by atoms with Crippen molar-refractivity contribution in [2.24, 2.45) is 4.99 Å². The van der Waals surface area contributed by atoms with Crippen LogP contribution in [0.2, 0.25) is 0 Å². The SMILES string of the molecule is CCOC(=O)C1=C(c2ccccc2)N=c2s/c(=C/c3ccc(N4CCCCC4)cc3)c(=O)n2[C@@H]1c1ccccc1. The molecule has 1 saturated heterocycles. The molecule has 0 saturated carbocycles. The van der Waals surface area contributed by atoms with Gasteiger partial charge in [0.05, 0.1) is 28.5 Å². The van der Waals surface area contributed by atoms with Gasteiger partial charge in [-0.1, -0.05) is 84.1 Å². The number of piperidine rings is 1. The highest BCUT2D eigenvalue weighted by Crippen LogP contribution is 2.35. The molecular weight excluding hydrogens is 518 g/mol. The average Bonchev–Trinajstić information content (AvgIpc) is 3.32. The fourth-order valence-corrected chi connectivity index (χ4v) is 6.48. The molecule has 1 aromatic heterocycles. The largest absolute Gasteiger partial charge is 0.463 e. The van der Waals surface area contributed by atoms with Crippen molar-refractivity contribution < 1.29 is 9.53 Å². The molecule has 1 atom stereocenters. The number of esters is 1. The molecule has 0 spiro atoms. The lowest BCUT2D eigenvalue weighted by molar-refractivity contribution is -0.138. The molecule has 2 aliphatic heterocycles. The predicted octanol–water partition coefficient (Wildman–Crippen LogP) is 4.93. The third kappa shape index (κ3) is 5.05. The van der Waals surface area contributed by atoms with E-state index in [0.29, 0.717) is 20.6 Å². The number of thiazole rings is 1. The molecule has 3 heterocycles. The van der Waals surface area contributed by atoms with E-state index in [4.69, 9.17) is 9.73 Å². The summed E-state index contributed by atoms with van der Waals surface area (Å²) in [6.07, 6.45) is 5.67. The van der Waals surface area contributed by atoms with Crippen molar-refractivity contribution in [3.05, 3.63) is 127 Å². The molecule has 3 aromatic carbocycles. The molecule has 7 heteroatoms. The Kier molecular flexibility index (Phi) is 7.47. The van der Waals surface area contributed by atoms with Gasteiger partial charge >= 0.3 is 5.97 Å². The zero-order chi connectivity index (χ0) is 27.5. The Labute approximate surface area is 237 Å². The molecule has 0 aliphatic carbocycles. The molecule has 0 unspecified atom stereocenters. The molecule has 2 aliphatic rings. The standard InChI is InChI=1S/C33H31N3O3S/c1-2-39-32(38)28-29(24-12-6-3-7-13-24)34-33-36(30(28)25-14-8-4-9-15-25)31(37)27(40-33)22-23-16-18-26(19-17-23)35-20-10-5-11-21-35/h3-4,6-9,12-19,22,30H,2,5,10-11,20-21H2,1H3/b27-22+/t30-/m1/s1. The van der Waals surface area contributed by atoms with Gasteiger partial charge in [-0.2, -0.15) is 0 Å². The first-order valence-electron chi connectivity index (χ1n) is 13.8. The highest BCUT2D eigenvalue weighted by molar-refractivity contribution is 7.07. The monoisotopic (exact) mass is 549 g/mol. The lowest BCUT2D eigenvalue weighted by Crippen LogP contribution is -2.39. The molecular formula is C33H31N3O3S. The van der Waals surface area contributed by atoms with Crippen LogP contribution < -0.4 is 19.8 Å². The number of aromatic nitrogens is 1. The van der Waals surface area contributed by atoms with E-state index in [1.807, 2.05) is 66.7 Å². The summed E-state index contributed by atoms with van der Waals surface area (Å²) in [6, 6.07) is 27.0. The maximum absolute atomic E-state index is 14.0. The summed E-state index contributed by atoms with van der Waals surface area (Å²) < 4.78 is 7.74. The van der Waals surface area contributed by atoms with Crippen LogP contribution in [0, 0.1) is 0 Å². The van der Waals surface area contributed by atoms with Crippen LogP contribution in [0.3, 0.4) is 0 Å². The van der Waals surface area contributed by atoms with Gasteiger partial charge in [-0.3, -0.25) is 9.36 Å². The van der Waals surface area contributed by atoms with E-state index in [1.165, 1.54) is 36.3 Å². The fourth-order valence-electron chi connectivity index (χ4n) is 5.48. The molecule has 0 radical (unpaired) electrons. The quantitative estimate of drug-likeness (QED) is 0.320. The first-order chi connectivity index (χ1) is 19.6. The molecule has 4 aromatic rings. The van der Waals surface area contributed by atoms with Crippen LogP contribution in [0.4, 0.5) is 5.69 Å². The number of hydrogen-bond donors (Lipinski definition) is 0. The smallest absolute Gasteiger partial charge is 0.338 e. The Hall–Kier alpha value is -4.23. The average molecular weight is 550 g/mol. The molecule has 1 fully saturated rings. The van der Waals surface area contributed by atoms with Crippen molar-refractivity contribution in [1.29, 1.82) is 0 Å². The third-order valence-corrected chi connectivity index (χ3v) is 8.38. The fraction of sp³-hybridized carbons (Fsp3) is 0.242. The zero-order valence-corrected chi connectivity index (χ0v) is 23.3. The van der Waals surface area contributed by atoms with Gasteiger partial charge in [-0.15, -0.1) is 0 Å². The summed E-state index contributed by atoms with van der Waals surface area (Å²) in [5, 5.41) is 0. The Morgan fingerprint density at radius 1 is 0.950 bits per heavy atom. The molecule has 0 N–H and O–H groups in total. The van der Waals surface area contributed by atoms with Crippen molar-refractivity contribution in [1.82, 2.24) is 4.57 Å². The second-order valence-electron chi connectivity index (χ2n) is 9.98. The van der Waals surface area contributed by atoms with Gasteiger partial charge in [0, 0.05) is 24.3 Å². The lowest BCUT2D eigenvalue weighted by Gasteiger charge is -2.28. The number of rotatable bonds is 6. The minimum Gasteiger partial charge on any atom is -0.463 e. The topological polar surface area (TPSA) is 63.9 Å². The van der Waals surface area contributed by atoms with Crippen molar-refractivity contribution >= 4 is 34.8 Å². The van der Waals surface area contributed by atoms with Gasteiger partial charge in [0.25, 0.3) is 5.56 Å². The van der Waals surface area contributed by atoms with E-state index in [1.54, 1.807) is 11.5 Å². The van der Waals surface area contributed by atoms with Gasteiger partial charge < -0.3 is 9.64 Å². The van der Waals surface area contributed by atoms with Crippen molar-refractivity contribution in [3.8, 4) is 0 Å². The second-order valence-corrected chi connectivity index (χ2v) is 11.0. The number of anilines is 1. The molecule has 40 heavy (non-hydrogen) atoms. The summed E-state index contributed by atoms with van der Waals surface area (Å²) in [7, 11) is 0. The highest BCUT2D eigenvalue weighted by Gasteiger charge is 2.35. The van der Waals surface area contributed by atoms with E-state index in [0.717, 1.165) is 29.8 Å². The van der Waals surface area contributed by atoms with Crippen LogP contribution in [0.25, 0.3) is 11.8 Å². The summed E-state index contributed by atoms with van der Waals surface area (Å²) in [5.41, 5.74) is 4.52. The Balaban J connectivity index is 1.51. The minimum atomic E-state index is -0.657. The molecule has 6 rings (SSSR count). The van der Waals surface area contributed by atoms with Crippen LogP contribution in [0.15, 0.2) is 100 Å². The third-order valence-electron chi connectivity index (χ3n) is 7.40. The van der Waals surface area contributed by atoms with Crippen molar-refractivity contribution in [2.45, 2.75) is 32.2 Å². The number of benzene rings is 3.